The van der Waals surface area contributed by atoms with E-state index in [-0.39, 0.29) is 16.7 Å². The zero-order chi connectivity index (χ0) is 14.9. The number of nitro benzene ring substituents is 1. The predicted octanol–water partition coefficient (Wildman–Crippen LogP) is 0.00790. The van der Waals surface area contributed by atoms with Gasteiger partial charge in [0.1, 0.15) is 0 Å². The second-order valence-electron chi connectivity index (χ2n) is 5.06. The molecule has 0 aliphatic carbocycles. The highest BCUT2D eigenvalue weighted by Crippen LogP contribution is 2.17. The van der Waals surface area contributed by atoms with E-state index < -0.39 is 0 Å². The van der Waals surface area contributed by atoms with E-state index in [0.29, 0.717) is 0 Å². The minimum atomic E-state index is -0.369. The largest absolute Gasteiger partial charge is 0.314 e. The Kier molecular flexibility index (Phi) is 6.55. The molecule has 0 radical (unpaired) electrons. The summed E-state index contributed by atoms with van der Waals surface area (Å²) in [5.74, 6) is 0. The van der Waals surface area contributed by atoms with Crippen LogP contribution in [0.25, 0.3) is 0 Å². The van der Waals surface area contributed by atoms with E-state index in [4.69, 9.17) is 0 Å². The maximum atomic E-state index is 10.7. The van der Waals surface area contributed by atoms with E-state index >= 15 is 0 Å². The monoisotopic (exact) mass is 293 g/mol. The molecule has 1 fully saturated rings. The van der Waals surface area contributed by atoms with Gasteiger partial charge in [-0.1, -0.05) is 12.1 Å². The van der Waals surface area contributed by atoms with Crippen molar-refractivity contribution in [3.63, 3.8) is 0 Å². The lowest BCUT2D eigenvalue weighted by Crippen LogP contribution is -2.41. The minimum Gasteiger partial charge on any atom is -0.314 e. The molecule has 116 valence electrons. The van der Waals surface area contributed by atoms with Crippen molar-refractivity contribution in [2.45, 2.75) is 6.04 Å². The van der Waals surface area contributed by atoms with Gasteiger partial charge in [-0.3, -0.25) is 10.1 Å². The van der Waals surface area contributed by atoms with Crippen LogP contribution in [0.15, 0.2) is 24.3 Å². The molecule has 1 aromatic rings. The van der Waals surface area contributed by atoms with E-state index in [2.05, 4.69) is 21.3 Å². The van der Waals surface area contributed by atoms with E-state index in [0.717, 1.165) is 51.4 Å². The van der Waals surface area contributed by atoms with Gasteiger partial charge < -0.3 is 21.3 Å². The molecule has 0 amide bonds. The molecular formula is C14H23N5O2. The first kappa shape index (κ1) is 15.8. The lowest BCUT2D eigenvalue weighted by molar-refractivity contribution is -0.384. The Morgan fingerprint density at radius 3 is 2.10 bits per heavy atom. The third-order valence-corrected chi connectivity index (χ3v) is 3.50. The van der Waals surface area contributed by atoms with Crippen molar-refractivity contribution >= 4 is 5.69 Å². The Morgan fingerprint density at radius 2 is 1.48 bits per heavy atom. The first-order valence-corrected chi connectivity index (χ1v) is 7.37. The van der Waals surface area contributed by atoms with Crippen LogP contribution >= 0.6 is 0 Å². The van der Waals surface area contributed by atoms with Crippen molar-refractivity contribution in [1.29, 1.82) is 0 Å². The maximum absolute atomic E-state index is 10.7. The van der Waals surface area contributed by atoms with Crippen LogP contribution < -0.4 is 21.3 Å². The van der Waals surface area contributed by atoms with Crippen LogP contribution in [0.5, 0.6) is 0 Å². The molecular weight excluding hydrogens is 270 g/mol. The smallest absolute Gasteiger partial charge is 0.269 e. The van der Waals surface area contributed by atoms with E-state index in [1.807, 2.05) is 12.1 Å². The number of nitrogens with one attached hydrogen (secondary N) is 4. The van der Waals surface area contributed by atoms with Crippen molar-refractivity contribution in [2.24, 2.45) is 0 Å². The fourth-order valence-corrected chi connectivity index (χ4v) is 2.32. The number of rotatable bonds is 2. The number of non-ortho nitro benzene ring substituents is 1. The van der Waals surface area contributed by atoms with Crippen molar-refractivity contribution in [1.82, 2.24) is 21.3 Å². The zero-order valence-corrected chi connectivity index (χ0v) is 12.1. The van der Waals surface area contributed by atoms with Crippen LogP contribution in [0.1, 0.15) is 11.6 Å². The lowest BCUT2D eigenvalue weighted by atomic mass is 10.1. The molecule has 0 bridgehead atoms. The molecule has 2 rings (SSSR count). The summed E-state index contributed by atoms with van der Waals surface area (Å²) in [6.07, 6.45) is 0. The van der Waals surface area contributed by atoms with Crippen molar-refractivity contribution in [3.8, 4) is 0 Å². The standard InChI is InChI=1S/C14H23N5O2/c20-19(21)13-3-1-12(2-4-13)14-11-17-8-7-15-5-6-16-9-10-18-14/h1-4,14-18H,5-11H2. The molecule has 1 unspecified atom stereocenters. The summed E-state index contributed by atoms with van der Waals surface area (Å²) >= 11 is 0. The second-order valence-corrected chi connectivity index (χ2v) is 5.06. The van der Waals surface area contributed by atoms with Crippen LogP contribution in [0.4, 0.5) is 5.69 Å². The molecule has 0 aromatic heterocycles. The third kappa shape index (κ3) is 5.39. The Bertz CT molecular complexity index is 425. The molecule has 7 heteroatoms. The van der Waals surface area contributed by atoms with E-state index in [1.165, 1.54) is 0 Å². The third-order valence-electron chi connectivity index (χ3n) is 3.50. The Labute approximate surface area is 124 Å². The summed E-state index contributed by atoms with van der Waals surface area (Å²) < 4.78 is 0. The molecule has 0 saturated carbocycles. The van der Waals surface area contributed by atoms with Crippen LogP contribution in [-0.2, 0) is 0 Å². The van der Waals surface area contributed by atoms with Gasteiger partial charge in [0.25, 0.3) is 5.69 Å². The molecule has 0 spiro atoms. The van der Waals surface area contributed by atoms with Gasteiger partial charge in [0.2, 0.25) is 0 Å². The number of hydrogen-bond donors (Lipinski definition) is 4. The number of benzene rings is 1. The summed E-state index contributed by atoms with van der Waals surface area (Å²) in [4.78, 5) is 10.3. The van der Waals surface area contributed by atoms with Gasteiger partial charge in [-0.05, 0) is 5.56 Å². The van der Waals surface area contributed by atoms with Gasteiger partial charge in [-0.25, -0.2) is 0 Å². The predicted molar refractivity (Wildman–Crippen MR) is 82.4 cm³/mol. The SMILES string of the molecule is O=[N+]([O-])c1ccc(C2CNCCNCCNCCN2)cc1. The molecule has 1 aliphatic heterocycles. The molecule has 1 aliphatic rings. The van der Waals surface area contributed by atoms with Crippen LogP contribution in [-0.4, -0.2) is 50.7 Å². The number of hydrogen-bond acceptors (Lipinski definition) is 6. The molecule has 4 N–H and O–H groups in total. The van der Waals surface area contributed by atoms with Crippen molar-refractivity contribution in [2.75, 3.05) is 45.8 Å². The van der Waals surface area contributed by atoms with Crippen molar-refractivity contribution < 1.29 is 4.92 Å². The number of nitrogens with zero attached hydrogens (tertiary/aromatic N) is 1. The molecule has 1 saturated heterocycles. The average Bonchev–Trinajstić information content (AvgIpc) is 2.48. The summed E-state index contributed by atoms with van der Waals surface area (Å²) in [6, 6.07) is 6.94. The highest BCUT2D eigenvalue weighted by atomic mass is 16.6. The summed E-state index contributed by atoms with van der Waals surface area (Å²) in [5, 5.41) is 24.3. The second kappa shape index (κ2) is 8.68. The van der Waals surface area contributed by atoms with Gasteiger partial charge in [0.15, 0.2) is 0 Å². The topological polar surface area (TPSA) is 91.3 Å². The fraction of sp³-hybridized carbons (Fsp3) is 0.571. The van der Waals surface area contributed by atoms with Crippen LogP contribution in [0.3, 0.4) is 0 Å². The summed E-state index contributed by atoms with van der Waals surface area (Å²) in [7, 11) is 0. The number of nitro groups is 1. The van der Waals surface area contributed by atoms with Gasteiger partial charge in [-0.15, -0.1) is 0 Å². The normalized spacial score (nSPS) is 22.0. The maximum Gasteiger partial charge on any atom is 0.269 e. The highest BCUT2D eigenvalue weighted by Gasteiger charge is 2.12. The fourth-order valence-electron chi connectivity index (χ4n) is 2.32. The van der Waals surface area contributed by atoms with Gasteiger partial charge in [0.05, 0.1) is 4.92 Å². The van der Waals surface area contributed by atoms with E-state index in [1.54, 1.807) is 12.1 Å². The first-order chi connectivity index (χ1) is 10.3. The average molecular weight is 293 g/mol. The molecule has 21 heavy (non-hydrogen) atoms. The quantitative estimate of drug-likeness (QED) is 0.453. The minimum absolute atomic E-state index is 0.130. The van der Waals surface area contributed by atoms with Gasteiger partial charge in [0, 0.05) is 64.0 Å². The first-order valence-electron chi connectivity index (χ1n) is 7.37. The van der Waals surface area contributed by atoms with E-state index in [9.17, 15) is 10.1 Å². The van der Waals surface area contributed by atoms with Crippen LogP contribution in [0, 0.1) is 10.1 Å². The Morgan fingerprint density at radius 1 is 0.905 bits per heavy atom. The molecule has 1 aromatic carbocycles. The van der Waals surface area contributed by atoms with Crippen molar-refractivity contribution in [3.05, 3.63) is 39.9 Å². The molecule has 1 atom stereocenters. The van der Waals surface area contributed by atoms with Gasteiger partial charge >= 0.3 is 0 Å². The molecule has 7 nitrogen and oxygen atoms in total. The zero-order valence-electron chi connectivity index (χ0n) is 12.1. The van der Waals surface area contributed by atoms with Gasteiger partial charge in [-0.2, -0.15) is 0 Å². The Hall–Kier alpha value is -1.54. The highest BCUT2D eigenvalue weighted by molar-refractivity contribution is 5.34. The van der Waals surface area contributed by atoms with Crippen LogP contribution in [0.2, 0.25) is 0 Å². The summed E-state index contributed by atoms with van der Waals surface area (Å²) in [6.45, 7) is 6.37. The lowest BCUT2D eigenvalue weighted by Gasteiger charge is -2.21. The summed E-state index contributed by atoms with van der Waals surface area (Å²) in [5.41, 5.74) is 1.20. The molecule has 1 heterocycles. The Balaban J connectivity index is 1.97.